The van der Waals surface area contributed by atoms with E-state index in [1.54, 1.807) is 17.8 Å². The van der Waals surface area contributed by atoms with Crippen molar-refractivity contribution >= 4 is 27.5 Å². The second kappa shape index (κ2) is 5.46. The molecule has 0 aromatic heterocycles. The number of hydrogen-bond donors (Lipinski definition) is 1. The molecule has 0 saturated carbocycles. The molecule has 1 heterocycles. The molecule has 1 aromatic carbocycles. The van der Waals surface area contributed by atoms with Crippen LogP contribution in [0, 0.1) is 0 Å². The van der Waals surface area contributed by atoms with Crippen LogP contribution in [-0.2, 0) is 10.0 Å². The minimum Gasteiger partial charge on any atom is -0.497 e. The van der Waals surface area contributed by atoms with Crippen molar-refractivity contribution in [1.29, 1.82) is 0 Å². The van der Waals surface area contributed by atoms with Gasteiger partial charge < -0.3 is 10.5 Å². The van der Waals surface area contributed by atoms with Gasteiger partial charge in [-0.3, -0.25) is 0 Å². The number of sulfonamides is 1. The van der Waals surface area contributed by atoms with Crippen molar-refractivity contribution in [1.82, 2.24) is 4.31 Å². The lowest BCUT2D eigenvalue weighted by atomic mass is 10.2. The number of rotatable bonds is 3. The van der Waals surface area contributed by atoms with Crippen LogP contribution < -0.4 is 10.5 Å². The highest BCUT2D eigenvalue weighted by molar-refractivity contribution is 8.00. The largest absolute Gasteiger partial charge is 0.497 e. The quantitative estimate of drug-likeness (QED) is 0.861. The number of nitrogen functional groups attached to an aromatic ring is 1. The summed E-state index contributed by atoms with van der Waals surface area (Å²) in [5, 5.41) is 0. The zero-order valence-corrected chi connectivity index (χ0v) is 13.6. The molecule has 1 fully saturated rings. The van der Waals surface area contributed by atoms with E-state index in [1.807, 2.05) is 0 Å². The van der Waals surface area contributed by atoms with E-state index in [1.165, 1.54) is 23.5 Å². The molecule has 1 aliphatic heterocycles. The molecule has 0 radical (unpaired) electrons. The number of nitrogens with two attached hydrogens (primary N) is 1. The highest BCUT2D eigenvalue weighted by Crippen LogP contribution is 2.34. The van der Waals surface area contributed by atoms with Crippen molar-refractivity contribution in [3.63, 3.8) is 0 Å². The van der Waals surface area contributed by atoms with E-state index >= 15 is 0 Å². The Morgan fingerprint density at radius 2 is 2.10 bits per heavy atom. The third-order valence-corrected chi connectivity index (χ3v) is 6.44. The van der Waals surface area contributed by atoms with Gasteiger partial charge in [-0.15, -0.1) is 0 Å². The molecule has 7 heteroatoms. The molecule has 0 bridgehead atoms. The van der Waals surface area contributed by atoms with Crippen LogP contribution in [0.25, 0.3) is 0 Å². The maximum Gasteiger partial charge on any atom is 0.245 e. The monoisotopic (exact) mass is 316 g/mol. The van der Waals surface area contributed by atoms with Gasteiger partial charge in [0.1, 0.15) is 10.6 Å². The lowest BCUT2D eigenvalue weighted by molar-refractivity contribution is 0.387. The smallest absolute Gasteiger partial charge is 0.245 e. The fourth-order valence-electron chi connectivity index (χ4n) is 2.21. The summed E-state index contributed by atoms with van der Waals surface area (Å²) < 4.78 is 31.9. The van der Waals surface area contributed by atoms with E-state index in [0.29, 0.717) is 18.8 Å². The predicted molar refractivity (Wildman–Crippen MR) is 82.7 cm³/mol. The summed E-state index contributed by atoms with van der Waals surface area (Å²) in [5.74, 6) is 1.35. The molecular weight excluding hydrogens is 296 g/mol. The summed E-state index contributed by atoms with van der Waals surface area (Å²) >= 11 is 1.79. The van der Waals surface area contributed by atoms with E-state index in [2.05, 4.69) is 13.8 Å². The standard InChI is InChI=1S/C13H20N2O3S2/c1-13(2)9-15(6-7-19-13)20(16,17)12-5-4-10(18-3)8-11(12)14/h4-5,8H,6-7,9,14H2,1-3H3. The molecule has 1 aliphatic rings. The Bertz CT molecular complexity index is 600. The molecule has 112 valence electrons. The second-order valence-corrected chi connectivity index (χ2v) is 9.06. The van der Waals surface area contributed by atoms with Crippen LogP contribution in [0.4, 0.5) is 5.69 Å². The van der Waals surface area contributed by atoms with Crippen LogP contribution in [0.15, 0.2) is 23.1 Å². The average Bonchev–Trinajstić information content (AvgIpc) is 2.37. The highest BCUT2D eigenvalue weighted by atomic mass is 32.2. The Morgan fingerprint density at radius 1 is 1.40 bits per heavy atom. The van der Waals surface area contributed by atoms with Crippen LogP contribution in [0.5, 0.6) is 5.75 Å². The summed E-state index contributed by atoms with van der Waals surface area (Å²) in [5.41, 5.74) is 6.09. The fourth-order valence-corrected chi connectivity index (χ4v) is 5.21. The summed E-state index contributed by atoms with van der Waals surface area (Å²) in [6.07, 6.45) is 0. The molecule has 0 atom stereocenters. The van der Waals surface area contributed by atoms with Crippen LogP contribution in [0.1, 0.15) is 13.8 Å². The lowest BCUT2D eigenvalue weighted by Gasteiger charge is -2.36. The van der Waals surface area contributed by atoms with Gasteiger partial charge in [-0.05, 0) is 26.0 Å². The minimum absolute atomic E-state index is 0.0768. The van der Waals surface area contributed by atoms with Gasteiger partial charge in [0.2, 0.25) is 10.0 Å². The molecule has 0 unspecified atom stereocenters. The number of methoxy groups -OCH3 is 1. The van der Waals surface area contributed by atoms with Gasteiger partial charge in [0.05, 0.1) is 12.8 Å². The maximum atomic E-state index is 12.7. The molecule has 5 nitrogen and oxygen atoms in total. The molecule has 1 aromatic rings. The van der Waals surface area contributed by atoms with Gasteiger partial charge >= 0.3 is 0 Å². The molecular formula is C13H20N2O3S2. The highest BCUT2D eigenvalue weighted by Gasteiger charge is 2.35. The number of benzene rings is 1. The van der Waals surface area contributed by atoms with Gasteiger partial charge in [0, 0.05) is 29.7 Å². The van der Waals surface area contributed by atoms with E-state index in [9.17, 15) is 8.42 Å². The number of anilines is 1. The second-order valence-electron chi connectivity index (χ2n) is 5.35. The Hall–Kier alpha value is -0.920. The Balaban J connectivity index is 2.35. The summed E-state index contributed by atoms with van der Waals surface area (Å²) in [7, 11) is -2.03. The van der Waals surface area contributed by atoms with Crippen molar-refractivity contribution in [2.24, 2.45) is 0 Å². The topological polar surface area (TPSA) is 72.6 Å². The van der Waals surface area contributed by atoms with Crippen LogP contribution in [0.3, 0.4) is 0 Å². The first-order chi connectivity index (χ1) is 9.26. The van der Waals surface area contributed by atoms with Gasteiger partial charge in [0.25, 0.3) is 0 Å². The third-order valence-electron chi connectivity index (χ3n) is 3.23. The van der Waals surface area contributed by atoms with Crippen LogP contribution in [0.2, 0.25) is 0 Å². The van der Waals surface area contributed by atoms with E-state index < -0.39 is 10.0 Å². The van der Waals surface area contributed by atoms with Crippen molar-refractivity contribution in [3.8, 4) is 5.75 Å². The summed E-state index contributed by atoms with van der Waals surface area (Å²) in [6.45, 7) is 5.11. The maximum absolute atomic E-state index is 12.7. The molecule has 2 N–H and O–H groups in total. The normalized spacial score (nSPS) is 19.8. The van der Waals surface area contributed by atoms with Crippen molar-refractivity contribution in [2.75, 3.05) is 31.7 Å². The SMILES string of the molecule is COc1ccc(S(=O)(=O)N2CCSC(C)(C)C2)c(N)c1. The zero-order chi connectivity index (χ0) is 15.0. The van der Waals surface area contributed by atoms with E-state index in [-0.39, 0.29) is 15.3 Å². The average molecular weight is 316 g/mol. The van der Waals surface area contributed by atoms with E-state index in [4.69, 9.17) is 10.5 Å². The molecule has 1 saturated heterocycles. The van der Waals surface area contributed by atoms with E-state index in [0.717, 1.165) is 5.75 Å². The molecule has 0 aliphatic carbocycles. The first-order valence-corrected chi connectivity index (χ1v) is 8.76. The van der Waals surface area contributed by atoms with Gasteiger partial charge in [0.15, 0.2) is 0 Å². The van der Waals surface area contributed by atoms with Crippen molar-refractivity contribution in [3.05, 3.63) is 18.2 Å². The third kappa shape index (κ3) is 3.05. The molecule has 2 rings (SSSR count). The number of ether oxygens (including phenoxy) is 1. The first kappa shape index (κ1) is 15.5. The fraction of sp³-hybridized carbons (Fsp3) is 0.538. The number of hydrogen-bond acceptors (Lipinski definition) is 5. The number of nitrogens with zero attached hydrogens (tertiary/aromatic N) is 1. The zero-order valence-electron chi connectivity index (χ0n) is 11.9. The first-order valence-electron chi connectivity index (χ1n) is 6.34. The Labute approximate surface area is 124 Å². The van der Waals surface area contributed by atoms with Gasteiger partial charge in [-0.1, -0.05) is 0 Å². The molecule has 0 spiro atoms. The summed E-state index contributed by atoms with van der Waals surface area (Å²) in [4.78, 5) is 0.154. The van der Waals surface area contributed by atoms with Gasteiger partial charge in [-0.2, -0.15) is 16.1 Å². The lowest BCUT2D eigenvalue weighted by Crippen LogP contribution is -2.46. The summed E-state index contributed by atoms with van der Waals surface area (Å²) in [6, 6.07) is 4.67. The van der Waals surface area contributed by atoms with Crippen molar-refractivity contribution < 1.29 is 13.2 Å². The Morgan fingerprint density at radius 3 is 2.65 bits per heavy atom. The van der Waals surface area contributed by atoms with Gasteiger partial charge in [-0.25, -0.2) is 8.42 Å². The molecule has 20 heavy (non-hydrogen) atoms. The Kier molecular flexibility index (Phi) is 4.22. The van der Waals surface area contributed by atoms with Crippen molar-refractivity contribution in [2.45, 2.75) is 23.5 Å². The minimum atomic E-state index is -3.55. The van der Waals surface area contributed by atoms with Crippen LogP contribution in [-0.4, -0.2) is 43.4 Å². The van der Waals surface area contributed by atoms with Crippen LogP contribution >= 0.6 is 11.8 Å². The predicted octanol–water partition coefficient (Wildman–Crippen LogP) is 1.79. The number of thioether (sulfide) groups is 1. The molecule has 0 amide bonds.